The molecule has 0 bridgehead atoms. The van der Waals surface area contributed by atoms with E-state index in [2.05, 4.69) is 16.4 Å². The van der Waals surface area contributed by atoms with Crippen molar-refractivity contribution in [2.75, 3.05) is 0 Å². The Morgan fingerprint density at radius 2 is 2.16 bits per heavy atom. The third-order valence-electron chi connectivity index (χ3n) is 3.75. The van der Waals surface area contributed by atoms with Crippen molar-refractivity contribution in [1.29, 1.82) is 5.26 Å². The molecule has 0 aliphatic rings. The van der Waals surface area contributed by atoms with E-state index < -0.39 is 0 Å². The van der Waals surface area contributed by atoms with Gasteiger partial charge in [0.15, 0.2) is 10.7 Å². The van der Waals surface area contributed by atoms with Crippen LogP contribution in [-0.2, 0) is 6.54 Å². The number of thiazole rings is 1. The largest absolute Gasteiger partial charge is 0.346 e. The summed E-state index contributed by atoms with van der Waals surface area (Å²) in [6, 6.07) is 13.3. The number of rotatable bonds is 4. The Balaban J connectivity index is 1.74. The molecule has 0 aliphatic heterocycles. The van der Waals surface area contributed by atoms with Crippen molar-refractivity contribution < 1.29 is 4.79 Å². The van der Waals surface area contributed by atoms with Crippen LogP contribution in [0, 0.1) is 11.3 Å². The normalized spacial score (nSPS) is 10.7. The lowest BCUT2D eigenvalue weighted by Crippen LogP contribution is -2.23. The number of carbonyl (C=O) groups is 1. The Labute approximate surface area is 151 Å². The number of fused-ring (bicyclic) bond motifs is 1. The van der Waals surface area contributed by atoms with Crippen LogP contribution >= 0.6 is 22.7 Å². The fourth-order valence-corrected chi connectivity index (χ4v) is 3.98. The molecule has 122 valence electrons. The monoisotopic (exact) mass is 364 g/mol. The van der Waals surface area contributed by atoms with Crippen LogP contribution in [0.3, 0.4) is 0 Å². The molecule has 5 nitrogen and oxygen atoms in total. The van der Waals surface area contributed by atoms with E-state index in [0.29, 0.717) is 23.5 Å². The molecule has 3 aromatic heterocycles. The Morgan fingerprint density at radius 1 is 1.24 bits per heavy atom. The topological polar surface area (TPSA) is 70.2 Å². The van der Waals surface area contributed by atoms with E-state index >= 15 is 0 Å². The van der Waals surface area contributed by atoms with Gasteiger partial charge in [0, 0.05) is 22.0 Å². The Hall–Kier alpha value is -2.95. The number of nitrogens with one attached hydrogen (secondary N) is 1. The minimum absolute atomic E-state index is 0.221. The van der Waals surface area contributed by atoms with Crippen LogP contribution in [-0.4, -0.2) is 15.3 Å². The second-order valence-electron chi connectivity index (χ2n) is 5.32. The molecule has 0 saturated carbocycles. The summed E-state index contributed by atoms with van der Waals surface area (Å²) in [4.78, 5) is 19.0. The summed E-state index contributed by atoms with van der Waals surface area (Å²) in [6.07, 6.45) is 1.89. The van der Waals surface area contributed by atoms with Crippen LogP contribution in [0.1, 0.15) is 20.9 Å². The SMILES string of the molecule is N#Cc1cccc(-c2c(C(=O)NCc3cccs3)nc3sccn23)c1. The third-order valence-corrected chi connectivity index (χ3v) is 5.38. The van der Waals surface area contributed by atoms with Crippen LogP contribution in [0.15, 0.2) is 53.4 Å². The van der Waals surface area contributed by atoms with Crippen LogP contribution in [0.4, 0.5) is 0 Å². The highest BCUT2D eigenvalue weighted by Crippen LogP contribution is 2.28. The van der Waals surface area contributed by atoms with E-state index in [1.54, 1.807) is 23.5 Å². The zero-order valence-electron chi connectivity index (χ0n) is 13.0. The van der Waals surface area contributed by atoms with Gasteiger partial charge in [0.25, 0.3) is 5.91 Å². The predicted octanol–water partition coefficient (Wildman–Crippen LogP) is 3.93. The molecular weight excluding hydrogens is 352 g/mol. The summed E-state index contributed by atoms with van der Waals surface area (Å²) < 4.78 is 1.89. The highest BCUT2D eigenvalue weighted by molar-refractivity contribution is 7.15. The second-order valence-corrected chi connectivity index (χ2v) is 7.22. The fraction of sp³-hybridized carbons (Fsp3) is 0.0556. The first-order chi connectivity index (χ1) is 12.3. The van der Waals surface area contributed by atoms with Crippen molar-refractivity contribution in [3.05, 3.63) is 69.5 Å². The van der Waals surface area contributed by atoms with Gasteiger partial charge in [-0.15, -0.1) is 22.7 Å². The number of carbonyl (C=O) groups excluding carboxylic acids is 1. The predicted molar refractivity (Wildman–Crippen MR) is 98.7 cm³/mol. The van der Waals surface area contributed by atoms with E-state index in [9.17, 15) is 4.79 Å². The van der Waals surface area contributed by atoms with Crippen LogP contribution < -0.4 is 5.32 Å². The van der Waals surface area contributed by atoms with Gasteiger partial charge >= 0.3 is 0 Å². The molecule has 0 aliphatic carbocycles. The van der Waals surface area contributed by atoms with Crippen molar-refractivity contribution in [2.45, 2.75) is 6.54 Å². The van der Waals surface area contributed by atoms with E-state index in [4.69, 9.17) is 5.26 Å². The van der Waals surface area contributed by atoms with Crippen LogP contribution in [0.5, 0.6) is 0 Å². The van der Waals surface area contributed by atoms with Crippen molar-refractivity contribution in [2.24, 2.45) is 0 Å². The summed E-state index contributed by atoms with van der Waals surface area (Å²) in [6.45, 7) is 0.472. The fourth-order valence-electron chi connectivity index (χ4n) is 2.62. The molecule has 0 spiro atoms. The molecule has 0 unspecified atom stereocenters. The Bertz CT molecular complexity index is 1090. The quantitative estimate of drug-likeness (QED) is 0.596. The number of amides is 1. The first-order valence-electron chi connectivity index (χ1n) is 7.53. The lowest BCUT2D eigenvalue weighted by atomic mass is 10.1. The lowest BCUT2D eigenvalue weighted by Gasteiger charge is -2.06. The molecule has 3 heterocycles. The maximum absolute atomic E-state index is 12.7. The average Bonchev–Trinajstić information content (AvgIpc) is 3.36. The minimum atomic E-state index is -0.221. The van der Waals surface area contributed by atoms with E-state index in [1.165, 1.54) is 11.3 Å². The number of aromatic nitrogens is 2. The van der Waals surface area contributed by atoms with Crippen molar-refractivity contribution in [1.82, 2.24) is 14.7 Å². The van der Waals surface area contributed by atoms with E-state index in [-0.39, 0.29) is 5.91 Å². The number of imidazole rings is 1. The smallest absolute Gasteiger partial charge is 0.272 e. The van der Waals surface area contributed by atoms with Gasteiger partial charge in [-0.2, -0.15) is 5.26 Å². The van der Waals surface area contributed by atoms with Crippen molar-refractivity contribution >= 4 is 33.5 Å². The number of benzene rings is 1. The molecule has 4 rings (SSSR count). The summed E-state index contributed by atoms with van der Waals surface area (Å²) >= 11 is 3.07. The minimum Gasteiger partial charge on any atom is -0.346 e. The molecular formula is C18H12N4OS2. The highest BCUT2D eigenvalue weighted by Gasteiger charge is 2.21. The average molecular weight is 364 g/mol. The summed E-state index contributed by atoms with van der Waals surface area (Å²) in [5, 5.41) is 16.0. The first-order valence-corrected chi connectivity index (χ1v) is 9.29. The molecule has 4 aromatic rings. The maximum Gasteiger partial charge on any atom is 0.272 e. The van der Waals surface area contributed by atoms with Crippen molar-refractivity contribution in [3.63, 3.8) is 0 Å². The summed E-state index contributed by atoms with van der Waals surface area (Å²) in [5.74, 6) is -0.221. The Morgan fingerprint density at radius 3 is 2.96 bits per heavy atom. The number of hydrogen-bond donors (Lipinski definition) is 1. The molecule has 25 heavy (non-hydrogen) atoms. The van der Waals surface area contributed by atoms with Gasteiger partial charge in [0.1, 0.15) is 0 Å². The molecule has 1 amide bonds. The summed E-state index contributed by atoms with van der Waals surface area (Å²) in [7, 11) is 0. The van der Waals surface area contributed by atoms with Crippen LogP contribution in [0.25, 0.3) is 16.2 Å². The molecule has 1 N–H and O–H groups in total. The molecule has 7 heteroatoms. The number of nitriles is 1. The van der Waals surface area contributed by atoms with Gasteiger partial charge in [-0.1, -0.05) is 18.2 Å². The van der Waals surface area contributed by atoms with Gasteiger partial charge in [0.2, 0.25) is 0 Å². The van der Waals surface area contributed by atoms with Gasteiger partial charge < -0.3 is 5.32 Å². The van der Waals surface area contributed by atoms with Crippen LogP contribution in [0.2, 0.25) is 0 Å². The first kappa shape index (κ1) is 15.6. The number of hydrogen-bond acceptors (Lipinski definition) is 5. The number of nitrogens with zero attached hydrogens (tertiary/aromatic N) is 3. The zero-order valence-corrected chi connectivity index (χ0v) is 14.6. The maximum atomic E-state index is 12.7. The molecule has 0 saturated heterocycles. The highest BCUT2D eigenvalue weighted by atomic mass is 32.1. The third kappa shape index (κ3) is 2.93. The molecule has 1 aromatic carbocycles. The summed E-state index contributed by atoms with van der Waals surface area (Å²) in [5.41, 5.74) is 2.43. The molecule has 0 fully saturated rings. The van der Waals surface area contributed by atoms with Gasteiger partial charge in [-0.05, 0) is 23.6 Å². The zero-order chi connectivity index (χ0) is 17.2. The van der Waals surface area contributed by atoms with Gasteiger partial charge in [-0.3, -0.25) is 9.20 Å². The van der Waals surface area contributed by atoms with E-state index in [0.717, 1.165) is 15.4 Å². The second kappa shape index (κ2) is 6.51. The molecule has 0 atom stereocenters. The molecule has 0 radical (unpaired) electrons. The van der Waals surface area contributed by atoms with Gasteiger partial charge in [0.05, 0.1) is 23.9 Å². The Kier molecular flexibility index (Phi) is 4.06. The van der Waals surface area contributed by atoms with E-state index in [1.807, 2.05) is 45.6 Å². The number of thiophene rings is 1. The van der Waals surface area contributed by atoms with Gasteiger partial charge in [-0.25, -0.2) is 4.98 Å². The lowest BCUT2D eigenvalue weighted by molar-refractivity contribution is 0.0947. The van der Waals surface area contributed by atoms with Crippen molar-refractivity contribution in [3.8, 4) is 17.3 Å². The standard InChI is InChI=1S/C18H12N4OS2/c19-10-12-3-1-4-13(9-12)16-15(21-18-22(16)6-8-25-18)17(23)20-11-14-5-2-7-24-14/h1-9H,11H2,(H,20,23).